The molecule has 2 aromatic carbocycles. The summed E-state index contributed by atoms with van der Waals surface area (Å²) in [5.41, 5.74) is 2.23. The standard InChI is InChI=1S/C24H27ClN4O2S/c1-18-27-28-23(29(18)15-19-5-3-2-4-6-19)32-16-22(30)26-17-24(11-13-31-14-12-24)20-7-9-21(25)10-8-20/h2-10H,11-17H2,1H3,(H,26,30). The number of aromatic nitrogens is 3. The van der Waals surface area contributed by atoms with Gasteiger partial charge < -0.3 is 14.6 Å². The van der Waals surface area contributed by atoms with Crippen molar-refractivity contribution < 1.29 is 9.53 Å². The second-order valence-electron chi connectivity index (χ2n) is 8.07. The van der Waals surface area contributed by atoms with E-state index in [9.17, 15) is 4.79 Å². The first-order valence-corrected chi connectivity index (χ1v) is 12.1. The van der Waals surface area contributed by atoms with Crippen molar-refractivity contribution in [3.05, 3.63) is 76.6 Å². The van der Waals surface area contributed by atoms with E-state index in [0.29, 0.717) is 37.1 Å². The molecule has 1 aromatic heterocycles. The molecule has 1 fully saturated rings. The summed E-state index contributed by atoms with van der Waals surface area (Å²) in [4.78, 5) is 12.7. The lowest BCUT2D eigenvalue weighted by Crippen LogP contribution is -2.45. The zero-order chi connectivity index (χ0) is 22.4. The summed E-state index contributed by atoms with van der Waals surface area (Å²) in [6.07, 6.45) is 1.74. The van der Waals surface area contributed by atoms with Crippen LogP contribution in [-0.2, 0) is 21.5 Å². The quantitative estimate of drug-likeness (QED) is 0.498. The molecule has 0 spiro atoms. The zero-order valence-electron chi connectivity index (χ0n) is 18.1. The van der Waals surface area contributed by atoms with Crippen molar-refractivity contribution in [3.63, 3.8) is 0 Å². The topological polar surface area (TPSA) is 69.0 Å². The van der Waals surface area contributed by atoms with E-state index < -0.39 is 0 Å². The molecule has 1 aliphatic rings. The van der Waals surface area contributed by atoms with Crippen LogP contribution in [0.1, 0.15) is 29.8 Å². The Kier molecular flexibility index (Phi) is 7.50. The smallest absolute Gasteiger partial charge is 0.230 e. The Labute approximate surface area is 197 Å². The van der Waals surface area contributed by atoms with Gasteiger partial charge in [0.25, 0.3) is 0 Å². The van der Waals surface area contributed by atoms with Gasteiger partial charge in [-0.3, -0.25) is 4.79 Å². The Hall–Kier alpha value is -2.35. The van der Waals surface area contributed by atoms with Gasteiger partial charge in [-0.05, 0) is 43.0 Å². The average Bonchev–Trinajstić information content (AvgIpc) is 3.17. The molecular formula is C24H27ClN4O2S. The predicted molar refractivity (Wildman–Crippen MR) is 127 cm³/mol. The van der Waals surface area contributed by atoms with Gasteiger partial charge in [-0.15, -0.1) is 10.2 Å². The van der Waals surface area contributed by atoms with Crippen molar-refractivity contribution in [1.82, 2.24) is 20.1 Å². The number of amides is 1. The normalized spacial score (nSPS) is 15.4. The molecule has 1 N–H and O–H groups in total. The lowest BCUT2D eigenvalue weighted by atomic mass is 9.74. The maximum atomic E-state index is 12.7. The fourth-order valence-corrected chi connectivity index (χ4v) is 4.94. The Bertz CT molecular complexity index is 1030. The van der Waals surface area contributed by atoms with E-state index in [1.165, 1.54) is 22.9 Å². The molecule has 1 amide bonds. The summed E-state index contributed by atoms with van der Waals surface area (Å²) in [7, 11) is 0. The maximum absolute atomic E-state index is 12.7. The molecule has 4 rings (SSSR count). The Morgan fingerprint density at radius 1 is 1.12 bits per heavy atom. The molecule has 3 aromatic rings. The van der Waals surface area contributed by atoms with Crippen molar-refractivity contribution in [2.75, 3.05) is 25.5 Å². The number of carbonyl (C=O) groups excluding carboxylic acids is 1. The summed E-state index contributed by atoms with van der Waals surface area (Å²) in [5.74, 6) is 1.11. The van der Waals surface area contributed by atoms with Gasteiger partial charge in [-0.1, -0.05) is 65.8 Å². The van der Waals surface area contributed by atoms with E-state index in [2.05, 4.69) is 39.8 Å². The molecule has 0 aliphatic carbocycles. The molecule has 0 radical (unpaired) electrons. The Balaban J connectivity index is 1.37. The maximum Gasteiger partial charge on any atom is 0.230 e. The largest absolute Gasteiger partial charge is 0.381 e. The Morgan fingerprint density at radius 3 is 2.56 bits per heavy atom. The number of hydrogen-bond acceptors (Lipinski definition) is 5. The molecule has 1 saturated heterocycles. The fourth-order valence-electron chi connectivity index (χ4n) is 4.00. The molecule has 1 aliphatic heterocycles. The van der Waals surface area contributed by atoms with Gasteiger partial charge in [0.05, 0.1) is 12.3 Å². The number of nitrogens with one attached hydrogen (secondary N) is 1. The lowest BCUT2D eigenvalue weighted by molar-refractivity contribution is -0.119. The SMILES string of the molecule is Cc1nnc(SCC(=O)NCC2(c3ccc(Cl)cc3)CCOCC2)n1Cc1ccccc1. The third kappa shape index (κ3) is 5.52. The van der Waals surface area contributed by atoms with E-state index in [4.69, 9.17) is 16.3 Å². The minimum absolute atomic E-state index is 0.0123. The van der Waals surface area contributed by atoms with Crippen molar-refractivity contribution in [1.29, 1.82) is 0 Å². The summed E-state index contributed by atoms with van der Waals surface area (Å²) in [6.45, 7) is 4.57. The highest BCUT2D eigenvalue weighted by Gasteiger charge is 2.34. The molecule has 8 heteroatoms. The van der Waals surface area contributed by atoms with Crippen LogP contribution in [0, 0.1) is 6.92 Å². The summed E-state index contributed by atoms with van der Waals surface area (Å²) >= 11 is 7.49. The van der Waals surface area contributed by atoms with Gasteiger partial charge >= 0.3 is 0 Å². The molecular weight excluding hydrogens is 444 g/mol. The minimum atomic E-state index is -0.132. The van der Waals surface area contributed by atoms with Crippen LogP contribution in [0.3, 0.4) is 0 Å². The highest BCUT2D eigenvalue weighted by Crippen LogP contribution is 2.35. The van der Waals surface area contributed by atoms with Crippen LogP contribution < -0.4 is 5.32 Å². The van der Waals surface area contributed by atoms with E-state index in [1.807, 2.05) is 41.8 Å². The van der Waals surface area contributed by atoms with Gasteiger partial charge in [0.1, 0.15) is 5.82 Å². The van der Waals surface area contributed by atoms with Crippen LogP contribution in [0.25, 0.3) is 0 Å². The minimum Gasteiger partial charge on any atom is -0.381 e. The second-order valence-corrected chi connectivity index (χ2v) is 9.45. The monoisotopic (exact) mass is 470 g/mol. The number of aryl methyl sites for hydroxylation is 1. The van der Waals surface area contributed by atoms with Gasteiger partial charge in [0.2, 0.25) is 5.91 Å². The lowest BCUT2D eigenvalue weighted by Gasteiger charge is -2.38. The average molecular weight is 471 g/mol. The molecule has 0 unspecified atom stereocenters. The number of ether oxygens (including phenoxy) is 1. The first-order chi connectivity index (χ1) is 15.6. The van der Waals surface area contributed by atoms with Crippen LogP contribution in [0.15, 0.2) is 59.8 Å². The van der Waals surface area contributed by atoms with Gasteiger partial charge in [-0.2, -0.15) is 0 Å². The summed E-state index contributed by atoms with van der Waals surface area (Å²) in [5, 5.41) is 13.1. The van der Waals surface area contributed by atoms with E-state index in [-0.39, 0.29) is 11.3 Å². The van der Waals surface area contributed by atoms with Crippen molar-refractivity contribution in [2.45, 2.75) is 36.9 Å². The second kappa shape index (κ2) is 10.5. The first-order valence-electron chi connectivity index (χ1n) is 10.7. The van der Waals surface area contributed by atoms with Gasteiger partial charge in [-0.25, -0.2) is 0 Å². The van der Waals surface area contributed by atoms with E-state index >= 15 is 0 Å². The molecule has 6 nitrogen and oxygen atoms in total. The van der Waals surface area contributed by atoms with E-state index in [0.717, 1.165) is 23.8 Å². The third-order valence-electron chi connectivity index (χ3n) is 5.95. The Morgan fingerprint density at radius 2 is 1.84 bits per heavy atom. The zero-order valence-corrected chi connectivity index (χ0v) is 19.7. The molecule has 0 atom stereocenters. The van der Waals surface area contributed by atoms with Crippen molar-refractivity contribution in [2.24, 2.45) is 0 Å². The number of halogens is 1. The first kappa shape index (κ1) is 22.8. The number of benzene rings is 2. The van der Waals surface area contributed by atoms with Gasteiger partial charge in [0, 0.05) is 30.2 Å². The summed E-state index contributed by atoms with van der Waals surface area (Å²) in [6, 6.07) is 18.1. The van der Waals surface area contributed by atoms with E-state index in [1.54, 1.807) is 0 Å². The third-order valence-corrected chi connectivity index (χ3v) is 7.17. The van der Waals surface area contributed by atoms with Crippen LogP contribution in [0.4, 0.5) is 0 Å². The molecule has 2 heterocycles. The number of thioether (sulfide) groups is 1. The van der Waals surface area contributed by atoms with Crippen LogP contribution in [0.2, 0.25) is 5.02 Å². The predicted octanol–water partition coefficient (Wildman–Crippen LogP) is 4.24. The van der Waals surface area contributed by atoms with Crippen LogP contribution in [-0.4, -0.2) is 46.2 Å². The van der Waals surface area contributed by atoms with Crippen molar-refractivity contribution in [3.8, 4) is 0 Å². The van der Waals surface area contributed by atoms with Crippen molar-refractivity contribution >= 4 is 29.3 Å². The van der Waals surface area contributed by atoms with Crippen LogP contribution >= 0.6 is 23.4 Å². The molecule has 0 bridgehead atoms. The summed E-state index contributed by atoms with van der Waals surface area (Å²) < 4.78 is 7.63. The van der Waals surface area contributed by atoms with Crippen LogP contribution in [0.5, 0.6) is 0 Å². The number of carbonyl (C=O) groups is 1. The number of rotatable bonds is 8. The highest BCUT2D eigenvalue weighted by atomic mass is 35.5. The molecule has 168 valence electrons. The van der Waals surface area contributed by atoms with Gasteiger partial charge in [0.15, 0.2) is 5.16 Å². The molecule has 0 saturated carbocycles. The number of nitrogens with zero attached hydrogens (tertiary/aromatic N) is 3. The fraction of sp³-hybridized carbons (Fsp3) is 0.375. The number of hydrogen-bond donors (Lipinski definition) is 1. The molecule has 32 heavy (non-hydrogen) atoms. The highest BCUT2D eigenvalue weighted by molar-refractivity contribution is 7.99.